The molecule has 2 heterocycles. The molecular formula is C20H19F2N3O3. The summed E-state index contributed by atoms with van der Waals surface area (Å²) in [5, 5.41) is 2.79. The van der Waals surface area contributed by atoms with Crippen LogP contribution in [0, 0.1) is 11.6 Å². The van der Waals surface area contributed by atoms with Gasteiger partial charge in [0.1, 0.15) is 17.4 Å². The van der Waals surface area contributed by atoms with E-state index in [2.05, 4.69) is 10.2 Å². The molecule has 0 radical (unpaired) electrons. The molecule has 1 N–H and O–H groups in total. The zero-order chi connectivity index (χ0) is 19.7. The Hall–Kier alpha value is -3.00. The van der Waals surface area contributed by atoms with Crippen molar-refractivity contribution >= 4 is 17.5 Å². The van der Waals surface area contributed by atoms with Crippen LogP contribution < -0.4 is 10.1 Å². The summed E-state index contributed by atoms with van der Waals surface area (Å²) in [7, 11) is 0. The second kappa shape index (κ2) is 7.55. The van der Waals surface area contributed by atoms with Crippen LogP contribution in [0.5, 0.6) is 5.75 Å². The average molecular weight is 387 g/mol. The fraction of sp³-hybridized carbons (Fsp3) is 0.300. The Balaban J connectivity index is 1.36. The largest absolute Gasteiger partial charge is 0.482 e. The number of nitrogens with zero attached hydrogens (tertiary/aromatic N) is 2. The minimum atomic E-state index is -0.842. The van der Waals surface area contributed by atoms with E-state index >= 15 is 0 Å². The number of halogens is 2. The fourth-order valence-electron chi connectivity index (χ4n) is 3.43. The van der Waals surface area contributed by atoms with E-state index in [4.69, 9.17) is 4.74 Å². The summed E-state index contributed by atoms with van der Waals surface area (Å²) < 4.78 is 32.2. The predicted molar refractivity (Wildman–Crippen MR) is 98.1 cm³/mol. The number of carbonyl (C=O) groups is 2. The van der Waals surface area contributed by atoms with Crippen molar-refractivity contribution in [2.45, 2.75) is 6.54 Å². The normalized spacial score (nSPS) is 16.9. The minimum absolute atomic E-state index is 0.0248. The van der Waals surface area contributed by atoms with E-state index in [-0.39, 0.29) is 18.1 Å². The molecule has 2 aliphatic heterocycles. The second-order valence-electron chi connectivity index (χ2n) is 6.86. The third kappa shape index (κ3) is 3.82. The summed E-state index contributed by atoms with van der Waals surface area (Å²) in [6.45, 7) is 2.87. The zero-order valence-corrected chi connectivity index (χ0v) is 15.1. The Kier molecular flexibility index (Phi) is 4.95. The Morgan fingerprint density at radius 3 is 2.61 bits per heavy atom. The topological polar surface area (TPSA) is 61.9 Å². The quantitative estimate of drug-likeness (QED) is 0.878. The van der Waals surface area contributed by atoms with E-state index in [9.17, 15) is 18.4 Å². The van der Waals surface area contributed by atoms with Crippen molar-refractivity contribution in [3.8, 4) is 5.75 Å². The van der Waals surface area contributed by atoms with Gasteiger partial charge in [-0.3, -0.25) is 14.5 Å². The molecular weight excluding hydrogens is 368 g/mol. The molecule has 0 saturated carbocycles. The number of carbonyl (C=O) groups excluding carboxylic acids is 2. The van der Waals surface area contributed by atoms with E-state index < -0.39 is 17.5 Å². The van der Waals surface area contributed by atoms with Gasteiger partial charge in [-0.15, -0.1) is 0 Å². The van der Waals surface area contributed by atoms with E-state index in [0.717, 1.165) is 17.7 Å². The zero-order valence-electron chi connectivity index (χ0n) is 15.1. The number of hydrogen-bond donors (Lipinski definition) is 1. The lowest BCUT2D eigenvalue weighted by molar-refractivity contribution is -0.118. The van der Waals surface area contributed by atoms with Gasteiger partial charge >= 0.3 is 0 Å². The molecule has 28 heavy (non-hydrogen) atoms. The SMILES string of the molecule is O=C1COc2ccc(CN3CCN(C(=O)c4ccc(F)cc4F)CC3)cc2N1. The number of amides is 2. The van der Waals surface area contributed by atoms with Gasteiger partial charge in [0.25, 0.3) is 11.8 Å². The molecule has 2 amide bonds. The number of rotatable bonds is 3. The molecule has 2 aliphatic rings. The number of fused-ring (bicyclic) bond motifs is 1. The van der Waals surface area contributed by atoms with Crippen LogP contribution in [0.3, 0.4) is 0 Å². The highest BCUT2D eigenvalue weighted by molar-refractivity contribution is 5.95. The first kappa shape index (κ1) is 18.4. The van der Waals surface area contributed by atoms with E-state index in [1.54, 1.807) is 4.90 Å². The first-order valence-electron chi connectivity index (χ1n) is 9.02. The van der Waals surface area contributed by atoms with Crippen LogP contribution >= 0.6 is 0 Å². The number of piperazine rings is 1. The van der Waals surface area contributed by atoms with Crippen LogP contribution in [0.4, 0.5) is 14.5 Å². The summed E-state index contributed by atoms with van der Waals surface area (Å²) in [5.74, 6) is -1.49. The third-order valence-corrected chi connectivity index (χ3v) is 4.90. The average Bonchev–Trinajstić information content (AvgIpc) is 2.68. The molecule has 0 atom stereocenters. The molecule has 2 aromatic rings. The number of nitrogens with one attached hydrogen (secondary N) is 1. The lowest BCUT2D eigenvalue weighted by atomic mass is 10.1. The maximum atomic E-state index is 13.8. The van der Waals surface area contributed by atoms with Crippen LogP contribution in [-0.2, 0) is 11.3 Å². The minimum Gasteiger partial charge on any atom is -0.482 e. The summed E-state index contributed by atoms with van der Waals surface area (Å²) in [6, 6.07) is 8.66. The Labute approximate surface area is 160 Å². The Morgan fingerprint density at radius 1 is 1.07 bits per heavy atom. The maximum Gasteiger partial charge on any atom is 0.262 e. The number of ether oxygens (including phenoxy) is 1. The summed E-state index contributed by atoms with van der Waals surface area (Å²) in [5.41, 5.74) is 1.57. The second-order valence-corrected chi connectivity index (χ2v) is 6.86. The third-order valence-electron chi connectivity index (χ3n) is 4.90. The first-order chi connectivity index (χ1) is 13.5. The standard InChI is InChI=1S/C20H19F2N3O3/c21-14-2-3-15(16(22)10-14)20(27)25-7-5-24(6-8-25)11-13-1-4-18-17(9-13)23-19(26)12-28-18/h1-4,9-10H,5-8,11-12H2,(H,23,26). The molecule has 8 heteroatoms. The molecule has 6 nitrogen and oxygen atoms in total. The van der Waals surface area contributed by atoms with Crippen LogP contribution in [0.2, 0.25) is 0 Å². The van der Waals surface area contributed by atoms with Gasteiger partial charge in [-0.25, -0.2) is 8.78 Å². The molecule has 0 spiro atoms. The lowest BCUT2D eigenvalue weighted by Gasteiger charge is -2.35. The summed E-state index contributed by atoms with van der Waals surface area (Å²) in [4.78, 5) is 27.7. The van der Waals surface area contributed by atoms with Gasteiger partial charge in [0.05, 0.1) is 11.3 Å². The van der Waals surface area contributed by atoms with Crippen molar-refractivity contribution in [2.75, 3.05) is 38.1 Å². The monoisotopic (exact) mass is 387 g/mol. The van der Waals surface area contributed by atoms with Crippen molar-refractivity contribution in [3.05, 3.63) is 59.2 Å². The van der Waals surface area contributed by atoms with Gasteiger partial charge in [-0.1, -0.05) is 6.07 Å². The molecule has 2 aromatic carbocycles. The highest BCUT2D eigenvalue weighted by atomic mass is 19.1. The summed E-state index contributed by atoms with van der Waals surface area (Å²) in [6.07, 6.45) is 0. The van der Waals surface area contributed by atoms with Gasteiger partial charge in [0.15, 0.2) is 6.61 Å². The molecule has 0 unspecified atom stereocenters. The van der Waals surface area contributed by atoms with Crippen molar-refractivity contribution < 1.29 is 23.1 Å². The molecule has 0 bridgehead atoms. The van der Waals surface area contributed by atoms with Crippen molar-refractivity contribution in [1.29, 1.82) is 0 Å². The van der Waals surface area contributed by atoms with Crippen LogP contribution in [0.15, 0.2) is 36.4 Å². The molecule has 146 valence electrons. The Morgan fingerprint density at radius 2 is 1.86 bits per heavy atom. The van der Waals surface area contributed by atoms with Crippen molar-refractivity contribution in [2.24, 2.45) is 0 Å². The number of benzene rings is 2. The van der Waals surface area contributed by atoms with Gasteiger partial charge in [-0.2, -0.15) is 0 Å². The van der Waals surface area contributed by atoms with Gasteiger partial charge in [0, 0.05) is 38.8 Å². The lowest BCUT2D eigenvalue weighted by Crippen LogP contribution is -2.48. The van der Waals surface area contributed by atoms with Crippen LogP contribution in [0.25, 0.3) is 0 Å². The maximum absolute atomic E-state index is 13.8. The van der Waals surface area contributed by atoms with Crippen molar-refractivity contribution in [1.82, 2.24) is 9.80 Å². The summed E-state index contributed by atoms with van der Waals surface area (Å²) >= 11 is 0. The van der Waals surface area contributed by atoms with E-state index in [1.165, 1.54) is 6.07 Å². The molecule has 1 saturated heterocycles. The highest BCUT2D eigenvalue weighted by Gasteiger charge is 2.25. The number of anilines is 1. The van der Waals surface area contributed by atoms with Gasteiger partial charge < -0.3 is 15.0 Å². The van der Waals surface area contributed by atoms with Crippen molar-refractivity contribution in [3.63, 3.8) is 0 Å². The van der Waals surface area contributed by atoms with E-state index in [1.807, 2.05) is 18.2 Å². The smallest absolute Gasteiger partial charge is 0.262 e. The van der Waals surface area contributed by atoms with Crippen LogP contribution in [-0.4, -0.2) is 54.4 Å². The Bertz CT molecular complexity index is 927. The van der Waals surface area contributed by atoms with Gasteiger partial charge in [0.2, 0.25) is 0 Å². The van der Waals surface area contributed by atoms with E-state index in [0.29, 0.717) is 44.2 Å². The number of hydrogen-bond acceptors (Lipinski definition) is 4. The molecule has 1 fully saturated rings. The van der Waals surface area contributed by atoms with Crippen LogP contribution in [0.1, 0.15) is 15.9 Å². The molecule has 0 aromatic heterocycles. The molecule has 0 aliphatic carbocycles. The fourth-order valence-corrected chi connectivity index (χ4v) is 3.43. The predicted octanol–water partition coefficient (Wildman–Crippen LogP) is 2.25. The molecule has 4 rings (SSSR count). The van der Waals surface area contributed by atoms with Gasteiger partial charge in [-0.05, 0) is 29.8 Å². The first-order valence-corrected chi connectivity index (χ1v) is 9.02. The highest BCUT2D eigenvalue weighted by Crippen LogP contribution is 2.29.